The van der Waals surface area contributed by atoms with Crippen LogP contribution in [0.5, 0.6) is 0 Å². The topological polar surface area (TPSA) is 55.1 Å². The number of hydrogen-bond acceptors (Lipinski definition) is 3. The molecule has 1 rings (SSSR count). The summed E-state index contributed by atoms with van der Waals surface area (Å²) in [5.41, 5.74) is 8.62. The normalized spacial score (nSPS) is 9.93. The zero-order chi connectivity index (χ0) is 10.6. The maximum Gasteiger partial charge on any atom is 0.165 e. The van der Waals surface area contributed by atoms with Gasteiger partial charge < -0.3 is 11.1 Å². The van der Waals surface area contributed by atoms with Crippen LogP contribution in [-0.4, -0.2) is 18.9 Å². The summed E-state index contributed by atoms with van der Waals surface area (Å²) in [4.78, 5) is 11.0. The highest BCUT2D eigenvalue weighted by molar-refractivity contribution is 5.84. The molecule has 14 heavy (non-hydrogen) atoms. The van der Waals surface area contributed by atoms with Crippen LogP contribution in [0.4, 0.5) is 5.69 Å². The minimum absolute atomic E-state index is 0.0194. The largest absolute Gasteiger partial charge is 0.378 e. The first kappa shape index (κ1) is 10.7. The number of anilines is 1. The second-order valence-corrected chi connectivity index (χ2v) is 3.34. The molecule has 0 unspecified atom stereocenters. The van der Waals surface area contributed by atoms with Gasteiger partial charge in [0.25, 0.3) is 0 Å². The van der Waals surface area contributed by atoms with E-state index in [4.69, 9.17) is 5.73 Å². The highest BCUT2D eigenvalue weighted by atomic mass is 16.1. The van der Waals surface area contributed by atoms with Crippen molar-refractivity contribution in [2.24, 2.45) is 5.73 Å². The molecule has 0 spiro atoms. The second-order valence-electron chi connectivity index (χ2n) is 3.34. The minimum Gasteiger partial charge on any atom is -0.378 e. The maximum absolute atomic E-state index is 11.0. The monoisotopic (exact) mass is 192 g/mol. The predicted octanol–water partition coefficient (Wildman–Crippen LogP) is 1.24. The Morgan fingerprint density at radius 2 is 2.14 bits per heavy atom. The standard InChI is InChI=1S/C11H16N2O/c1-8-4-3-5-11(9(8)2)13-7-10(14)6-12/h3-5,13H,6-7,12H2,1-2H3. The Morgan fingerprint density at radius 3 is 2.79 bits per heavy atom. The van der Waals surface area contributed by atoms with E-state index in [1.807, 2.05) is 32.0 Å². The number of carbonyl (C=O) groups is 1. The van der Waals surface area contributed by atoms with Gasteiger partial charge in [-0.25, -0.2) is 0 Å². The first-order chi connectivity index (χ1) is 6.65. The number of carbonyl (C=O) groups excluding carboxylic acids is 1. The molecule has 0 atom stereocenters. The van der Waals surface area contributed by atoms with Gasteiger partial charge in [0, 0.05) is 5.69 Å². The summed E-state index contributed by atoms with van der Waals surface area (Å²) in [5.74, 6) is 0.0194. The molecule has 0 aromatic heterocycles. The molecule has 1 aromatic rings. The number of Topliss-reactive ketones (excluding diaryl/α,β-unsaturated/α-hetero) is 1. The van der Waals surface area contributed by atoms with Crippen molar-refractivity contribution >= 4 is 11.5 Å². The smallest absolute Gasteiger partial charge is 0.165 e. The third-order valence-corrected chi connectivity index (χ3v) is 2.31. The third kappa shape index (κ3) is 2.57. The van der Waals surface area contributed by atoms with Crippen molar-refractivity contribution in [2.45, 2.75) is 13.8 Å². The summed E-state index contributed by atoms with van der Waals surface area (Å²) in [7, 11) is 0. The Balaban J connectivity index is 2.68. The van der Waals surface area contributed by atoms with E-state index >= 15 is 0 Å². The first-order valence-electron chi connectivity index (χ1n) is 4.67. The van der Waals surface area contributed by atoms with Crippen LogP contribution in [0.3, 0.4) is 0 Å². The molecule has 0 saturated carbocycles. The molecule has 0 aliphatic heterocycles. The van der Waals surface area contributed by atoms with E-state index in [0.29, 0.717) is 6.54 Å². The van der Waals surface area contributed by atoms with Crippen LogP contribution in [0.1, 0.15) is 11.1 Å². The van der Waals surface area contributed by atoms with E-state index < -0.39 is 0 Å². The summed E-state index contributed by atoms with van der Waals surface area (Å²) >= 11 is 0. The number of nitrogens with two attached hydrogens (primary N) is 1. The summed E-state index contributed by atoms with van der Waals surface area (Å²) in [6.07, 6.45) is 0. The molecule has 0 aliphatic carbocycles. The molecular formula is C11H16N2O. The molecule has 0 bridgehead atoms. The molecular weight excluding hydrogens is 176 g/mol. The van der Waals surface area contributed by atoms with Crippen molar-refractivity contribution < 1.29 is 4.79 Å². The lowest BCUT2D eigenvalue weighted by atomic mass is 10.1. The van der Waals surface area contributed by atoms with E-state index in [0.717, 1.165) is 5.69 Å². The molecule has 0 heterocycles. The molecule has 3 N–H and O–H groups in total. The molecule has 0 amide bonds. The SMILES string of the molecule is Cc1cccc(NCC(=O)CN)c1C. The quantitative estimate of drug-likeness (QED) is 0.754. The summed E-state index contributed by atoms with van der Waals surface area (Å²) < 4.78 is 0. The van der Waals surface area contributed by atoms with Crippen LogP contribution in [-0.2, 0) is 4.79 Å². The lowest BCUT2D eigenvalue weighted by Crippen LogP contribution is -2.22. The van der Waals surface area contributed by atoms with Crippen LogP contribution in [0, 0.1) is 13.8 Å². The molecule has 3 heteroatoms. The number of benzene rings is 1. The number of ketones is 1. The Hall–Kier alpha value is -1.35. The first-order valence-corrected chi connectivity index (χ1v) is 4.67. The van der Waals surface area contributed by atoms with Gasteiger partial charge >= 0.3 is 0 Å². The van der Waals surface area contributed by atoms with Crippen molar-refractivity contribution in [2.75, 3.05) is 18.4 Å². The van der Waals surface area contributed by atoms with Gasteiger partial charge in [-0.3, -0.25) is 4.79 Å². The zero-order valence-electron chi connectivity index (χ0n) is 8.63. The molecule has 0 aliphatic rings. The summed E-state index contributed by atoms with van der Waals surface area (Å²) in [6, 6.07) is 5.98. The van der Waals surface area contributed by atoms with Crippen molar-refractivity contribution in [3.05, 3.63) is 29.3 Å². The molecule has 0 fully saturated rings. The predicted molar refractivity (Wildman–Crippen MR) is 58.5 cm³/mol. The average Bonchev–Trinajstić information content (AvgIpc) is 2.20. The van der Waals surface area contributed by atoms with E-state index in [2.05, 4.69) is 5.32 Å². The average molecular weight is 192 g/mol. The van der Waals surface area contributed by atoms with Gasteiger partial charge in [-0.1, -0.05) is 12.1 Å². The third-order valence-electron chi connectivity index (χ3n) is 2.31. The van der Waals surface area contributed by atoms with Gasteiger partial charge in [0.05, 0.1) is 13.1 Å². The van der Waals surface area contributed by atoms with Gasteiger partial charge in [0.1, 0.15) is 0 Å². The Kier molecular flexibility index (Phi) is 3.65. The Labute approximate surface area is 84.3 Å². The lowest BCUT2D eigenvalue weighted by molar-refractivity contribution is -0.116. The molecule has 0 radical (unpaired) electrons. The van der Waals surface area contributed by atoms with E-state index in [1.165, 1.54) is 11.1 Å². The fourth-order valence-corrected chi connectivity index (χ4v) is 1.21. The fourth-order valence-electron chi connectivity index (χ4n) is 1.21. The highest BCUT2D eigenvalue weighted by Crippen LogP contribution is 2.17. The maximum atomic E-state index is 11.0. The van der Waals surface area contributed by atoms with Crippen LogP contribution in [0.15, 0.2) is 18.2 Å². The summed E-state index contributed by atoms with van der Waals surface area (Å²) in [5, 5.41) is 3.07. The Morgan fingerprint density at radius 1 is 1.43 bits per heavy atom. The van der Waals surface area contributed by atoms with Crippen LogP contribution < -0.4 is 11.1 Å². The molecule has 0 saturated heterocycles. The van der Waals surface area contributed by atoms with Crippen molar-refractivity contribution in [1.29, 1.82) is 0 Å². The van der Waals surface area contributed by atoms with Gasteiger partial charge in [-0.15, -0.1) is 0 Å². The van der Waals surface area contributed by atoms with Crippen LogP contribution >= 0.6 is 0 Å². The zero-order valence-corrected chi connectivity index (χ0v) is 8.63. The van der Waals surface area contributed by atoms with Gasteiger partial charge in [0.2, 0.25) is 0 Å². The number of nitrogens with one attached hydrogen (secondary N) is 1. The van der Waals surface area contributed by atoms with E-state index in [1.54, 1.807) is 0 Å². The number of hydrogen-bond donors (Lipinski definition) is 2. The van der Waals surface area contributed by atoms with Crippen molar-refractivity contribution in [1.82, 2.24) is 0 Å². The number of rotatable bonds is 4. The molecule has 3 nitrogen and oxygen atoms in total. The minimum atomic E-state index is 0.0194. The molecule has 1 aromatic carbocycles. The van der Waals surface area contributed by atoms with Gasteiger partial charge in [-0.2, -0.15) is 0 Å². The lowest BCUT2D eigenvalue weighted by Gasteiger charge is -2.10. The van der Waals surface area contributed by atoms with Crippen LogP contribution in [0.25, 0.3) is 0 Å². The number of aryl methyl sites for hydroxylation is 1. The molecule has 76 valence electrons. The van der Waals surface area contributed by atoms with Crippen molar-refractivity contribution in [3.8, 4) is 0 Å². The second kappa shape index (κ2) is 4.77. The van der Waals surface area contributed by atoms with Crippen molar-refractivity contribution in [3.63, 3.8) is 0 Å². The van der Waals surface area contributed by atoms with E-state index in [9.17, 15) is 4.79 Å². The van der Waals surface area contributed by atoms with E-state index in [-0.39, 0.29) is 12.3 Å². The highest BCUT2D eigenvalue weighted by Gasteiger charge is 2.02. The van der Waals surface area contributed by atoms with Gasteiger partial charge in [-0.05, 0) is 31.0 Å². The van der Waals surface area contributed by atoms with Gasteiger partial charge in [0.15, 0.2) is 5.78 Å². The Bertz CT molecular complexity index is 334. The van der Waals surface area contributed by atoms with Crippen LogP contribution in [0.2, 0.25) is 0 Å². The summed E-state index contributed by atoms with van der Waals surface area (Å²) in [6.45, 7) is 4.48. The fraction of sp³-hybridized carbons (Fsp3) is 0.364.